The standard InChI is InChI=1S/C13H16BrN3O/c1-15-13(9-7-16-17(2)8-9)11-5-4-10(14)6-12(11)18-3/h4-8,13,15H,1-3H3. The van der Waals surface area contributed by atoms with E-state index >= 15 is 0 Å². The summed E-state index contributed by atoms with van der Waals surface area (Å²) in [6.07, 6.45) is 3.87. The molecule has 0 fully saturated rings. The molecule has 0 aliphatic heterocycles. The van der Waals surface area contributed by atoms with Gasteiger partial charge in [-0.3, -0.25) is 4.68 Å². The van der Waals surface area contributed by atoms with Crippen molar-refractivity contribution in [1.82, 2.24) is 15.1 Å². The molecule has 0 bridgehead atoms. The molecule has 0 radical (unpaired) electrons. The zero-order chi connectivity index (χ0) is 13.1. The van der Waals surface area contributed by atoms with Gasteiger partial charge in [0, 0.05) is 28.8 Å². The van der Waals surface area contributed by atoms with E-state index in [2.05, 4.69) is 32.4 Å². The highest BCUT2D eigenvalue weighted by molar-refractivity contribution is 9.10. The Bertz CT molecular complexity index is 539. The zero-order valence-electron chi connectivity index (χ0n) is 10.6. The highest BCUT2D eigenvalue weighted by Gasteiger charge is 2.18. The second kappa shape index (κ2) is 5.54. The molecule has 1 aromatic heterocycles. The molecule has 2 aromatic rings. The third-order valence-electron chi connectivity index (χ3n) is 2.85. The van der Waals surface area contributed by atoms with Gasteiger partial charge in [0.05, 0.1) is 19.3 Å². The van der Waals surface area contributed by atoms with Crippen LogP contribution in [0.2, 0.25) is 0 Å². The van der Waals surface area contributed by atoms with Crippen LogP contribution in [0.1, 0.15) is 17.2 Å². The van der Waals surface area contributed by atoms with Gasteiger partial charge in [0.25, 0.3) is 0 Å². The van der Waals surface area contributed by atoms with Crippen molar-refractivity contribution in [2.45, 2.75) is 6.04 Å². The second-order valence-corrected chi connectivity index (χ2v) is 4.97. The molecule has 96 valence electrons. The Morgan fingerprint density at radius 1 is 1.44 bits per heavy atom. The summed E-state index contributed by atoms with van der Waals surface area (Å²) in [5.74, 6) is 0.854. The molecule has 5 heteroatoms. The molecule has 1 aromatic carbocycles. The summed E-state index contributed by atoms with van der Waals surface area (Å²) in [7, 11) is 5.52. The van der Waals surface area contributed by atoms with Gasteiger partial charge in [-0.2, -0.15) is 5.10 Å². The van der Waals surface area contributed by atoms with Crippen LogP contribution in [0.3, 0.4) is 0 Å². The molecule has 0 spiro atoms. The van der Waals surface area contributed by atoms with E-state index in [1.165, 1.54) is 0 Å². The van der Waals surface area contributed by atoms with Crippen LogP contribution in [0.15, 0.2) is 35.1 Å². The summed E-state index contributed by atoms with van der Waals surface area (Å²) >= 11 is 3.45. The number of aryl methyl sites for hydroxylation is 1. The summed E-state index contributed by atoms with van der Waals surface area (Å²) in [6, 6.07) is 6.10. The van der Waals surface area contributed by atoms with Crippen LogP contribution in [0.4, 0.5) is 0 Å². The molecular formula is C13H16BrN3O. The molecule has 2 rings (SSSR count). The average Bonchev–Trinajstić information content (AvgIpc) is 2.78. The van der Waals surface area contributed by atoms with Gasteiger partial charge >= 0.3 is 0 Å². The van der Waals surface area contributed by atoms with Gasteiger partial charge in [-0.05, 0) is 19.2 Å². The number of methoxy groups -OCH3 is 1. The quantitative estimate of drug-likeness (QED) is 0.943. The summed E-state index contributed by atoms with van der Waals surface area (Å²) < 4.78 is 8.24. The summed E-state index contributed by atoms with van der Waals surface area (Å²) in [4.78, 5) is 0. The molecule has 1 N–H and O–H groups in total. The lowest BCUT2D eigenvalue weighted by Gasteiger charge is -2.18. The average molecular weight is 310 g/mol. The Morgan fingerprint density at radius 2 is 2.22 bits per heavy atom. The number of benzene rings is 1. The van der Waals surface area contributed by atoms with E-state index in [0.29, 0.717) is 0 Å². The van der Waals surface area contributed by atoms with Crippen LogP contribution in [-0.4, -0.2) is 23.9 Å². The van der Waals surface area contributed by atoms with Crippen LogP contribution in [0.5, 0.6) is 5.75 Å². The van der Waals surface area contributed by atoms with Crippen molar-refractivity contribution in [1.29, 1.82) is 0 Å². The minimum Gasteiger partial charge on any atom is -0.496 e. The topological polar surface area (TPSA) is 39.1 Å². The fraction of sp³-hybridized carbons (Fsp3) is 0.308. The maximum absolute atomic E-state index is 5.44. The fourth-order valence-electron chi connectivity index (χ4n) is 2.01. The first kappa shape index (κ1) is 13.1. The maximum atomic E-state index is 5.44. The maximum Gasteiger partial charge on any atom is 0.125 e. The highest BCUT2D eigenvalue weighted by atomic mass is 79.9. The van der Waals surface area contributed by atoms with Crippen LogP contribution in [0, 0.1) is 0 Å². The summed E-state index contributed by atoms with van der Waals surface area (Å²) in [5, 5.41) is 7.50. The van der Waals surface area contributed by atoms with E-state index in [1.54, 1.807) is 11.8 Å². The number of hydrogen-bond donors (Lipinski definition) is 1. The summed E-state index contributed by atoms with van der Waals surface area (Å²) in [6.45, 7) is 0. The molecule has 0 saturated carbocycles. The number of hydrogen-bond acceptors (Lipinski definition) is 3. The van der Waals surface area contributed by atoms with E-state index < -0.39 is 0 Å². The minimum atomic E-state index is 0.0711. The van der Waals surface area contributed by atoms with Crippen LogP contribution >= 0.6 is 15.9 Å². The van der Waals surface area contributed by atoms with Gasteiger partial charge in [0.1, 0.15) is 5.75 Å². The van der Waals surface area contributed by atoms with E-state index in [1.807, 2.05) is 38.6 Å². The first-order valence-corrected chi connectivity index (χ1v) is 6.44. The Labute approximate surface area is 115 Å². The van der Waals surface area contributed by atoms with E-state index in [4.69, 9.17) is 4.74 Å². The molecular weight excluding hydrogens is 294 g/mol. The van der Waals surface area contributed by atoms with Gasteiger partial charge < -0.3 is 10.1 Å². The van der Waals surface area contributed by atoms with Crippen LogP contribution in [0.25, 0.3) is 0 Å². The molecule has 0 aliphatic carbocycles. The second-order valence-electron chi connectivity index (χ2n) is 4.06. The molecule has 1 heterocycles. The Hall–Kier alpha value is -1.33. The van der Waals surface area contributed by atoms with Crippen molar-refractivity contribution in [3.05, 3.63) is 46.2 Å². The van der Waals surface area contributed by atoms with Crippen molar-refractivity contribution in [2.24, 2.45) is 7.05 Å². The predicted octanol–water partition coefficient (Wildman–Crippen LogP) is 2.50. The predicted molar refractivity (Wildman–Crippen MR) is 74.8 cm³/mol. The minimum absolute atomic E-state index is 0.0711. The van der Waals surface area contributed by atoms with Gasteiger partial charge in [-0.15, -0.1) is 0 Å². The van der Waals surface area contributed by atoms with Crippen molar-refractivity contribution in [2.75, 3.05) is 14.2 Å². The smallest absolute Gasteiger partial charge is 0.125 e. The number of halogens is 1. The number of nitrogens with one attached hydrogen (secondary N) is 1. The van der Waals surface area contributed by atoms with Gasteiger partial charge in [-0.1, -0.05) is 22.0 Å². The SMILES string of the molecule is CNC(c1cnn(C)c1)c1ccc(Br)cc1OC. The van der Waals surface area contributed by atoms with Crippen LogP contribution < -0.4 is 10.1 Å². The number of ether oxygens (including phenoxy) is 1. The lowest BCUT2D eigenvalue weighted by Crippen LogP contribution is -2.18. The third-order valence-corrected chi connectivity index (χ3v) is 3.35. The zero-order valence-corrected chi connectivity index (χ0v) is 12.2. The summed E-state index contributed by atoms with van der Waals surface area (Å²) in [5.41, 5.74) is 2.21. The monoisotopic (exact) mass is 309 g/mol. The number of aromatic nitrogens is 2. The molecule has 4 nitrogen and oxygen atoms in total. The molecule has 18 heavy (non-hydrogen) atoms. The largest absolute Gasteiger partial charge is 0.496 e. The molecule has 0 saturated heterocycles. The van der Waals surface area contributed by atoms with Crippen molar-refractivity contribution in [3.63, 3.8) is 0 Å². The van der Waals surface area contributed by atoms with E-state index in [0.717, 1.165) is 21.3 Å². The van der Waals surface area contributed by atoms with Gasteiger partial charge in [-0.25, -0.2) is 0 Å². The third kappa shape index (κ3) is 2.57. The van der Waals surface area contributed by atoms with Crippen molar-refractivity contribution >= 4 is 15.9 Å². The normalized spacial score (nSPS) is 12.4. The fourth-order valence-corrected chi connectivity index (χ4v) is 2.35. The van der Waals surface area contributed by atoms with Crippen molar-refractivity contribution in [3.8, 4) is 5.75 Å². The van der Waals surface area contributed by atoms with Gasteiger partial charge in [0.15, 0.2) is 0 Å². The highest BCUT2D eigenvalue weighted by Crippen LogP contribution is 2.31. The molecule has 0 aliphatic rings. The first-order chi connectivity index (χ1) is 8.65. The number of rotatable bonds is 4. The van der Waals surface area contributed by atoms with E-state index in [9.17, 15) is 0 Å². The van der Waals surface area contributed by atoms with Crippen molar-refractivity contribution < 1.29 is 4.74 Å². The molecule has 0 amide bonds. The molecule has 1 unspecified atom stereocenters. The first-order valence-electron chi connectivity index (χ1n) is 5.65. The van der Waals surface area contributed by atoms with Crippen LogP contribution in [-0.2, 0) is 7.05 Å². The van der Waals surface area contributed by atoms with Gasteiger partial charge in [0.2, 0.25) is 0 Å². The Morgan fingerprint density at radius 3 is 2.78 bits per heavy atom. The molecule has 1 atom stereocenters. The lowest BCUT2D eigenvalue weighted by molar-refractivity contribution is 0.405. The Balaban J connectivity index is 2.44. The number of nitrogens with zero attached hydrogens (tertiary/aromatic N) is 2. The lowest BCUT2D eigenvalue weighted by atomic mass is 10.0. The van der Waals surface area contributed by atoms with E-state index in [-0.39, 0.29) is 6.04 Å². The Kier molecular flexibility index (Phi) is 4.04.